The van der Waals surface area contributed by atoms with E-state index in [-0.39, 0.29) is 0 Å². The first kappa shape index (κ1) is 11.9. The molecule has 94 valence electrons. The van der Waals surface area contributed by atoms with Crippen molar-refractivity contribution >= 4 is 15.9 Å². The second kappa shape index (κ2) is 5.24. The van der Waals surface area contributed by atoms with Gasteiger partial charge in [0.1, 0.15) is 4.60 Å². The lowest BCUT2D eigenvalue weighted by molar-refractivity contribution is 0.412. The second-order valence-electron chi connectivity index (χ2n) is 4.66. The first-order valence-electron chi connectivity index (χ1n) is 6.38. The van der Waals surface area contributed by atoms with Gasteiger partial charge in [-0.2, -0.15) is 5.10 Å². The van der Waals surface area contributed by atoms with Crippen molar-refractivity contribution in [2.24, 2.45) is 0 Å². The number of rotatable bonds is 2. The second-order valence-corrected chi connectivity index (χ2v) is 5.47. The van der Waals surface area contributed by atoms with Crippen molar-refractivity contribution in [2.75, 3.05) is 6.54 Å². The van der Waals surface area contributed by atoms with Gasteiger partial charge in [-0.1, -0.05) is 18.6 Å². The minimum Gasteiger partial charge on any atom is -0.310 e. The van der Waals surface area contributed by atoms with Gasteiger partial charge in [-0.05, 0) is 59.1 Å². The highest BCUT2D eigenvalue weighted by Crippen LogP contribution is 2.24. The smallest absolute Gasteiger partial charge is 0.109 e. The minimum absolute atomic E-state index is 0.522. The van der Waals surface area contributed by atoms with Crippen LogP contribution in [-0.4, -0.2) is 16.3 Å². The van der Waals surface area contributed by atoms with Crippen LogP contribution < -0.4 is 5.32 Å². The number of halogens is 1. The van der Waals surface area contributed by atoms with Gasteiger partial charge >= 0.3 is 0 Å². The van der Waals surface area contributed by atoms with Gasteiger partial charge in [0, 0.05) is 6.04 Å². The Morgan fingerprint density at radius 2 is 2.00 bits per heavy atom. The molecule has 0 bridgehead atoms. The Hall–Kier alpha value is -1.13. The summed E-state index contributed by atoms with van der Waals surface area (Å²) in [5, 5.41) is 7.85. The largest absolute Gasteiger partial charge is 0.310 e. The van der Waals surface area contributed by atoms with E-state index >= 15 is 0 Å². The summed E-state index contributed by atoms with van der Waals surface area (Å²) in [6.45, 7) is 1.14. The van der Waals surface area contributed by atoms with E-state index in [9.17, 15) is 0 Å². The molecule has 1 N–H and O–H groups in total. The normalized spacial score (nSPS) is 19.9. The zero-order valence-corrected chi connectivity index (χ0v) is 11.7. The van der Waals surface area contributed by atoms with Gasteiger partial charge in [0.05, 0.1) is 11.9 Å². The maximum atomic E-state index is 4.28. The lowest BCUT2D eigenvalue weighted by atomic mass is 9.97. The number of hydrogen-bond donors (Lipinski definition) is 1. The van der Waals surface area contributed by atoms with Gasteiger partial charge < -0.3 is 5.32 Å². The van der Waals surface area contributed by atoms with Gasteiger partial charge in [-0.3, -0.25) is 0 Å². The quantitative estimate of drug-likeness (QED) is 0.921. The van der Waals surface area contributed by atoms with Crippen LogP contribution in [0.1, 0.15) is 30.9 Å². The lowest BCUT2D eigenvalue weighted by Gasteiger charge is -2.24. The molecule has 2 heterocycles. The summed E-state index contributed by atoms with van der Waals surface area (Å²) in [5.41, 5.74) is 2.47. The van der Waals surface area contributed by atoms with Crippen molar-refractivity contribution in [3.63, 3.8) is 0 Å². The molecule has 1 aromatic heterocycles. The summed E-state index contributed by atoms with van der Waals surface area (Å²) in [6, 6.07) is 11.1. The van der Waals surface area contributed by atoms with Crippen LogP contribution in [0.25, 0.3) is 5.69 Å². The topological polar surface area (TPSA) is 29.9 Å². The van der Waals surface area contributed by atoms with E-state index in [0.29, 0.717) is 6.04 Å². The predicted octanol–water partition coefficient (Wildman–Crippen LogP) is 3.45. The number of nitrogens with zero attached hydrogens (tertiary/aromatic N) is 2. The fraction of sp³-hybridized carbons (Fsp3) is 0.357. The van der Waals surface area contributed by atoms with Crippen LogP contribution in [0.15, 0.2) is 41.1 Å². The molecule has 1 fully saturated rings. The lowest BCUT2D eigenvalue weighted by Crippen LogP contribution is -2.26. The molecule has 4 heteroatoms. The van der Waals surface area contributed by atoms with E-state index in [4.69, 9.17) is 0 Å². The molecular formula is C14H16BrN3. The molecule has 1 unspecified atom stereocenters. The minimum atomic E-state index is 0.522. The van der Waals surface area contributed by atoms with Gasteiger partial charge in [0.25, 0.3) is 0 Å². The van der Waals surface area contributed by atoms with E-state index < -0.39 is 0 Å². The van der Waals surface area contributed by atoms with E-state index in [1.54, 1.807) is 6.20 Å². The zero-order chi connectivity index (χ0) is 12.4. The van der Waals surface area contributed by atoms with Gasteiger partial charge in [-0.15, -0.1) is 0 Å². The molecule has 0 spiro atoms. The van der Waals surface area contributed by atoms with Gasteiger partial charge in [-0.25, -0.2) is 4.68 Å². The van der Waals surface area contributed by atoms with Crippen LogP contribution in [-0.2, 0) is 0 Å². The summed E-state index contributed by atoms with van der Waals surface area (Å²) in [5.74, 6) is 0. The van der Waals surface area contributed by atoms with Crippen LogP contribution in [0, 0.1) is 0 Å². The molecule has 1 aromatic carbocycles. The molecule has 1 aliphatic rings. The summed E-state index contributed by atoms with van der Waals surface area (Å²) < 4.78 is 2.86. The molecule has 1 saturated heterocycles. The van der Waals surface area contributed by atoms with Crippen LogP contribution in [0.4, 0.5) is 0 Å². The van der Waals surface area contributed by atoms with Crippen molar-refractivity contribution in [3.8, 4) is 5.69 Å². The van der Waals surface area contributed by atoms with Crippen LogP contribution in [0.3, 0.4) is 0 Å². The third kappa shape index (κ3) is 2.35. The van der Waals surface area contributed by atoms with Crippen molar-refractivity contribution in [3.05, 3.63) is 46.7 Å². The zero-order valence-electron chi connectivity index (χ0n) is 10.1. The fourth-order valence-electron chi connectivity index (χ4n) is 2.46. The first-order valence-corrected chi connectivity index (χ1v) is 7.17. The molecule has 1 aliphatic heterocycles. The maximum Gasteiger partial charge on any atom is 0.109 e. The summed E-state index contributed by atoms with van der Waals surface area (Å²) >= 11 is 3.49. The van der Waals surface area contributed by atoms with Crippen LogP contribution in [0.2, 0.25) is 0 Å². The molecule has 0 amide bonds. The number of aromatic nitrogens is 2. The summed E-state index contributed by atoms with van der Waals surface area (Å²) in [4.78, 5) is 0. The highest BCUT2D eigenvalue weighted by molar-refractivity contribution is 9.10. The Balaban J connectivity index is 1.82. The monoisotopic (exact) mass is 305 g/mol. The molecule has 3 nitrogen and oxygen atoms in total. The highest BCUT2D eigenvalue weighted by atomic mass is 79.9. The molecular weight excluding hydrogens is 290 g/mol. The van der Waals surface area contributed by atoms with Crippen LogP contribution >= 0.6 is 15.9 Å². The third-order valence-electron chi connectivity index (χ3n) is 3.45. The average molecular weight is 306 g/mol. The maximum absolute atomic E-state index is 4.28. The van der Waals surface area contributed by atoms with Crippen LogP contribution in [0.5, 0.6) is 0 Å². The van der Waals surface area contributed by atoms with E-state index in [0.717, 1.165) is 16.8 Å². The molecule has 0 aliphatic carbocycles. The van der Waals surface area contributed by atoms with Gasteiger partial charge in [0.2, 0.25) is 0 Å². The highest BCUT2D eigenvalue weighted by Gasteiger charge is 2.14. The van der Waals surface area contributed by atoms with E-state index in [2.05, 4.69) is 50.6 Å². The predicted molar refractivity (Wildman–Crippen MR) is 75.9 cm³/mol. The average Bonchev–Trinajstić information content (AvgIpc) is 2.86. The number of hydrogen-bond acceptors (Lipinski definition) is 2. The first-order chi connectivity index (χ1) is 8.84. The third-order valence-corrected chi connectivity index (χ3v) is 4.05. The molecule has 0 saturated carbocycles. The summed E-state index contributed by atoms with van der Waals surface area (Å²) in [6.07, 6.45) is 5.66. The SMILES string of the molecule is Brc1ccnn1-c1ccc(C2CCCCN2)cc1. The fourth-order valence-corrected chi connectivity index (χ4v) is 2.88. The Morgan fingerprint density at radius 3 is 2.61 bits per heavy atom. The van der Waals surface area contributed by atoms with Gasteiger partial charge in [0.15, 0.2) is 0 Å². The Labute approximate surface area is 115 Å². The summed E-state index contributed by atoms with van der Waals surface area (Å²) in [7, 11) is 0. The number of nitrogens with one attached hydrogen (secondary N) is 1. The Bertz CT molecular complexity index is 512. The number of benzene rings is 1. The molecule has 0 radical (unpaired) electrons. The Kier molecular flexibility index (Phi) is 3.48. The molecule has 2 aromatic rings. The molecule has 18 heavy (non-hydrogen) atoms. The molecule has 1 atom stereocenters. The van der Waals surface area contributed by atoms with E-state index in [1.807, 2.05) is 10.7 Å². The van der Waals surface area contributed by atoms with Crippen molar-refractivity contribution < 1.29 is 0 Å². The van der Waals surface area contributed by atoms with Crippen molar-refractivity contribution in [1.82, 2.24) is 15.1 Å². The van der Waals surface area contributed by atoms with E-state index in [1.165, 1.54) is 24.8 Å². The number of piperidine rings is 1. The standard InChI is InChI=1S/C14H16BrN3/c15-14-8-10-17-18(14)12-6-4-11(5-7-12)13-3-1-2-9-16-13/h4-8,10,13,16H,1-3,9H2. The van der Waals surface area contributed by atoms with Crippen molar-refractivity contribution in [2.45, 2.75) is 25.3 Å². The Morgan fingerprint density at radius 1 is 1.17 bits per heavy atom. The molecule has 3 rings (SSSR count). The van der Waals surface area contributed by atoms with Crippen molar-refractivity contribution in [1.29, 1.82) is 0 Å².